The van der Waals surface area contributed by atoms with Crippen LogP contribution in [-0.4, -0.2) is 61.5 Å². The molecule has 0 aliphatic carbocycles. The lowest BCUT2D eigenvalue weighted by Gasteiger charge is -2.36. The molecule has 140 valence electrons. The molecule has 0 aromatic heterocycles. The quantitative estimate of drug-likeness (QED) is 0.301. The van der Waals surface area contributed by atoms with E-state index in [2.05, 4.69) is 15.9 Å². The number of hydrogen-bond donors (Lipinski definition) is 1. The number of nitrogens with one attached hydrogen (secondary N) is 1. The molecule has 2 fully saturated rings. The van der Waals surface area contributed by atoms with E-state index in [0.29, 0.717) is 25.4 Å². The fourth-order valence-electron chi connectivity index (χ4n) is 3.48. The van der Waals surface area contributed by atoms with Crippen molar-refractivity contribution in [2.24, 2.45) is 0 Å². The molecule has 0 atom stereocenters. The van der Waals surface area contributed by atoms with Crippen LogP contribution in [0.15, 0.2) is 24.3 Å². The number of hydrogen-bond acceptors (Lipinski definition) is 6. The SMILES string of the molecule is O=C1N(C[NH+]2CCOCC2)c2ccccc2C12OCC(Br)([N+](=O)[O-])CO2. The summed E-state index contributed by atoms with van der Waals surface area (Å²) in [6.07, 6.45) is 0. The van der Waals surface area contributed by atoms with E-state index >= 15 is 0 Å². The van der Waals surface area contributed by atoms with Crippen molar-refractivity contribution in [2.45, 2.75) is 10.2 Å². The second-order valence-electron chi connectivity index (χ2n) is 6.64. The van der Waals surface area contributed by atoms with E-state index in [1.54, 1.807) is 17.0 Å². The first-order valence-electron chi connectivity index (χ1n) is 8.40. The van der Waals surface area contributed by atoms with E-state index in [-0.39, 0.29) is 19.1 Å². The van der Waals surface area contributed by atoms with Crippen LogP contribution in [0.3, 0.4) is 0 Å². The second kappa shape index (κ2) is 6.54. The molecule has 0 saturated carbocycles. The smallest absolute Gasteiger partial charge is 0.320 e. The second-order valence-corrected chi connectivity index (χ2v) is 8.12. The van der Waals surface area contributed by atoms with Gasteiger partial charge in [0.2, 0.25) is 0 Å². The van der Waals surface area contributed by atoms with Crippen LogP contribution < -0.4 is 9.80 Å². The zero-order valence-corrected chi connectivity index (χ0v) is 15.6. The van der Waals surface area contributed by atoms with Gasteiger partial charge in [-0.2, -0.15) is 0 Å². The molecule has 1 aromatic rings. The highest BCUT2D eigenvalue weighted by atomic mass is 79.9. The van der Waals surface area contributed by atoms with Gasteiger partial charge in [-0.15, -0.1) is 0 Å². The Balaban J connectivity index is 1.63. The Morgan fingerprint density at radius 3 is 2.54 bits per heavy atom. The summed E-state index contributed by atoms with van der Waals surface area (Å²) in [6, 6.07) is 7.27. The number of rotatable bonds is 3. The minimum absolute atomic E-state index is 0.266. The molecule has 9 nitrogen and oxygen atoms in total. The Kier molecular flexibility index (Phi) is 4.48. The summed E-state index contributed by atoms with van der Waals surface area (Å²) >= 11 is 3.05. The van der Waals surface area contributed by atoms with E-state index in [0.717, 1.165) is 18.8 Å². The third-order valence-electron chi connectivity index (χ3n) is 4.98. The van der Waals surface area contributed by atoms with Gasteiger partial charge in [0, 0.05) is 26.4 Å². The number of nitrogens with zero attached hydrogens (tertiary/aromatic N) is 2. The molecule has 1 amide bonds. The molecule has 4 rings (SSSR count). The van der Waals surface area contributed by atoms with Crippen LogP contribution >= 0.6 is 15.9 Å². The summed E-state index contributed by atoms with van der Waals surface area (Å²) in [6.45, 7) is 2.89. The Morgan fingerprint density at radius 1 is 1.23 bits per heavy atom. The van der Waals surface area contributed by atoms with Gasteiger partial charge in [-0.25, -0.2) is 0 Å². The topological polar surface area (TPSA) is 95.6 Å². The van der Waals surface area contributed by atoms with Crippen LogP contribution in [0.2, 0.25) is 0 Å². The maximum atomic E-state index is 13.2. The number of morpholine rings is 1. The molecule has 10 heteroatoms. The van der Waals surface area contributed by atoms with E-state index in [4.69, 9.17) is 14.2 Å². The predicted octanol–water partition coefficient (Wildman–Crippen LogP) is -0.527. The summed E-state index contributed by atoms with van der Waals surface area (Å²) in [5.41, 5.74) is 1.32. The highest BCUT2D eigenvalue weighted by Crippen LogP contribution is 2.46. The average Bonchev–Trinajstić information content (AvgIpc) is 2.88. The van der Waals surface area contributed by atoms with Gasteiger partial charge in [-0.05, 0) is 6.07 Å². The number of fused-ring (bicyclic) bond motifs is 2. The summed E-state index contributed by atoms with van der Waals surface area (Å²) in [4.78, 5) is 26.8. The predicted molar refractivity (Wildman–Crippen MR) is 92.5 cm³/mol. The summed E-state index contributed by atoms with van der Waals surface area (Å²) in [5.74, 6) is -1.95. The lowest BCUT2D eigenvalue weighted by molar-refractivity contribution is -0.906. The largest absolute Gasteiger partial charge is 0.370 e. The Labute approximate surface area is 158 Å². The Bertz CT molecular complexity index is 730. The number of amides is 1. The van der Waals surface area contributed by atoms with Crippen molar-refractivity contribution in [3.63, 3.8) is 0 Å². The molecule has 0 unspecified atom stereocenters. The van der Waals surface area contributed by atoms with Crippen LogP contribution in [0, 0.1) is 10.1 Å². The Hall–Kier alpha value is -1.59. The van der Waals surface area contributed by atoms with E-state index in [9.17, 15) is 14.9 Å². The first kappa shape index (κ1) is 17.8. The number of carbonyl (C=O) groups is 1. The maximum absolute atomic E-state index is 13.2. The van der Waals surface area contributed by atoms with Crippen LogP contribution in [-0.2, 0) is 24.8 Å². The number of halogens is 1. The fourth-order valence-corrected chi connectivity index (χ4v) is 3.71. The molecule has 3 aliphatic rings. The van der Waals surface area contributed by atoms with Crippen molar-refractivity contribution in [1.29, 1.82) is 0 Å². The molecular weight excluding hydrogens is 410 g/mol. The summed E-state index contributed by atoms with van der Waals surface area (Å²) in [7, 11) is 0. The molecule has 1 spiro atoms. The van der Waals surface area contributed by atoms with Gasteiger partial charge in [-0.3, -0.25) is 19.8 Å². The molecule has 0 bridgehead atoms. The van der Waals surface area contributed by atoms with Crippen molar-refractivity contribution in [3.05, 3.63) is 39.9 Å². The lowest BCUT2D eigenvalue weighted by Crippen LogP contribution is -3.15. The first-order chi connectivity index (χ1) is 12.5. The monoisotopic (exact) mass is 428 g/mol. The van der Waals surface area contributed by atoms with Crippen molar-refractivity contribution in [3.8, 4) is 0 Å². The van der Waals surface area contributed by atoms with Crippen molar-refractivity contribution < 1.29 is 28.8 Å². The fraction of sp³-hybridized carbons (Fsp3) is 0.562. The highest BCUT2D eigenvalue weighted by Gasteiger charge is 2.61. The standard InChI is InChI=1S/C16H18BrN3O6/c17-15(20(22)23)9-25-16(26-10-15)12-3-1-2-4-13(12)19(14(16)21)11-18-5-7-24-8-6-18/h1-4H,5-11H2/p+1. The van der Waals surface area contributed by atoms with Gasteiger partial charge in [0.05, 0.1) is 18.9 Å². The molecule has 3 aliphatic heterocycles. The van der Waals surface area contributed by atoms with Crippen LogP contribution in [0.25, 0.3) is 0 Å². The molecule has 2 saturated heterocycles. The number of alkyl halides is 1. The highest BCUT2D eigenvalue weighted by molar-refractivity contribution is 9.10. The van der Waals surface area contributed by atoms with E-state index in [1.165, 1.54) is 4.90 Å². The number of quaternary nitrogens is 1. The maximum Gasteiger partial charge on any atom is 0.320 e. The number of benzene rings is 1. The molecule has 3 heterocycles. The normalized spacial score (nSPS) is 32.0. The lowest BCUT2D eigenvalue weighted by atomic mass is 10.1. The number of anilines is 1. The van der Waals surface area contributed by atoms with E-state index in [1.807, 2.05) is 12.1 Å². The zero-order valence-electron chi connectivity index (χ0n) is 14.0. The van der Waals surface area contributed by atoms with Crippen LogP contribution in [0.1, 0.15) is 5.56 Å². The minimum atomic E-state index is -1.62. The van der Waals surface area contributed by atoms with Crippen molar-refractivity contribution in [2.75, 3.05) is 51.1 Å². The van der Waals surface area contributed by atoms with Gasteiger partial charge in [0.15, 0.2) is 6.67 Å². The zero-order chi connectivity index (χ0) is 18.4. The van der Waals surface area contributed by atoms with Gasteiger partial charge in [0.1, 0.15) is 26.3 Å². The van der Waals surface area contributed by atoms with E-state index < -0.39 is 15.2 Å². The minimum Gasteiger partial charge on any atom is -0.370 e. The molecule has 1 N–H and O–H groups in total. The van der Waals surface area contributed by atoms with Crippen LogP contribution in [0.5, 0.6) is 0 Å². The average molecular weight is 429 g/mol. The molecule has 26 heavy (non-hydrogen) atoms. The van der Waals surface area contributed by atoms with Crippen molar-refractivity contribution in [1.82, 2.24) is 0 Å². The van der Waals surface area contributed by atoms with Gasteiger partial charge in [0.25, 0.3) is 11.7 Å². The summed E-state index contributed by atoms with van der Waals surface area (Å²) < 4.78 is 15.3. The number of nitro groups is 1. The number of para-hydroxylation sites is 1. The number of ether oxygens (including phenoxy) is 3. The van der Waals surface area contributed by atoms with Gasteiger partial charge >= 0.3 is 4.45 Å². The van der Waals surface area contributed by atoms with Crippen molar-refractivity contribution >= 4 is 27.5 Å². The third-order valence-corrected chi connectivity index (χ3v) is 5.73. The van der Waals surface area contributed by atoms with Gasteiger partial charge < -0.3 is 19.1 Å². The summed E-state index contributed by atoms with van der Waals surface area (Å²) in [5, 5.41) is 11.2. The van der Waals surface area contributed by atoms with Crippen LogP contribution in [0.4, 0.5) is 5.69 Å². The van der Waals surface area contributed by atoms with Gasteiger partial charge in [-0.1, -0.05) is 18.2 Å². The Morgan fingerprint density at radius 2 is 1.88 bits per heavy atom. The molecular formula is C16H19BrN3O6+. The molecule has 0 radical (unpaired) electrons. The molecule has 1 aromatic carbocycles. The first-order valence-corrected chi connectivity index (χ1v) is 9.20. The third kappa shape index (κ3) is 2.72. The number of carbonyl (C=O) groups excluding carboxylic acids is 1.